The van der Waals surface area contributed by atoms with E-state index in [2.05, 4.69) is 5.32 Å². The molecular weight excluding hydrogens is 253 g/mol. The fourth-order valence-corrected chi connectivity index (χ4v) is 2.76. The van der Waals surface area contributed by atoms with Crippen molar-refractivity contribution in [2.45, 2.75) is 25.8 Å². The van der Waals surface area contributed by atoms with Crippen molar-refractivity contribution >= 4 is 9.84 Å². The molecule has 3 nitrogen and oxygen atoms in total. The van der Waals surface area contributed by atoms with Gasteiger partial charge in [-0.05, 0) is 26.0 Å². The topological polar surface area (TPSA) is 46.2 Å². The molecule has 0 amide bonds. The maximum Gasteiger partial charge on any atom is 0.150 e. The number of benzene rings is 1. The van der Waals surface area contributed by atoms with Gasteiger partial charge in [0, 0.05) is 17.4 Å². The fourth-order valence-electron chi connectivity index (χ4n) is 1.86. The first kappa shape index (κ1) is 15.1. The Labute approximate surface area is 108 Å². The molecular formula is C13H20FNO2S. The van der Waals surface area contributed by atoms with Crippen LogP contribution in [0.1, 0.15) is 31.4 Å². The highest BCUT2D eigenvalue weighted by Gasteiger charge is 2.15. The van der Waals surface area contributed by atoms with Gasteiger partial charge in [-0.3, -0.25) is 0 Å². The van der Waals surface area contributed by atoms with Crippen LogP contribution >= 0.6 is 0 Å². The van der Waals surface area contributed by atoms with E-state index in [1.54, 1.807) is 32.2 Å². The van der Waals surface area contributed by atoms with Gasteiger partial charge in [0.05, 0.1) is 5.75 Å². The Bertz CT molecular complexity index is 474. The lowest BCUT2D eigenvalue weighted by Crippen LogP contribution is -2.19. The number of hydrogen-bond acceptors (Lipinski definition) is 3. The van der Waals surface area contributed by atoms with E-state index in [1.807, 2.05) is 0 Å². The lowest BCUT2D eigenvalue weighted by Gasteiger charge is -2.17. The number of hydrogen-bond donors (Lipinski definition) is 1. The van der Waals surface area contributed by atoms with Crippen molar-refractivity contribution in [2.75, 3.05) is 18.6 Å². The molecule has 0 bridgehead atoms. The minimum absolute atomic E-state index is 0.141. The first-order valence-electron chi connectivity index (χ1n) is 6.12. The molecule has 18 heavy (non-hydrogen) atoms. The second-order valence-electron chi connectivity index (χ2n) is 4.24. The van der Waals surface area contributed by atoms with Gasteiger partial charge in [-0.25, -0.2) is 12.8 Å². The SMILES string of the molecule is CCS(=O)(=O)CCCC(NC)c1ccccc1F. The van der Waals surface area contributed by atoms with E-state index in [0.717, 1.165) is 0 Å². The standard InChI is InChI=1S/C13H20FNO2S/c1-3-18(16,17)10-6-9-13(15-2)11-7-4-5-8-12(11)14/h4-5,7-8,13,15H,3,6,9-10H2,1-2H3. The molecule has 1 atom stereocenters. The number of halogens is 1. The van der Waals surface area contributed by atoms with Gasteiger partial charge in [-0.1, -0.05) is 25.1 Å². The van der Waals surface area contributed by atoms with E-state index in [9.17, 15) is 12.8 Å². The summed E-state index contributed by atoms with van der Waals surface area (Å²) in [4.78, 5) is 0. The van der Waals surface area contributed by atoms with Gasteiger partial charge < -0.3 is 5.32 Å². The Morgan fingerprint density at radius 1 is 1.33 bits per heavy atom. The predicted molar refractivity (Wildman–Crippen MR) is 71.8 cm³/mol. The summed E-state index contributed by atoms with van der Waals surface area (Å²) in [6, 6.07) is 6.43. The Balaban J connectivity index is 2.61. The summed E-state index contributed by atoms with van der Waals surface area (Å²) in [5.74, 6) is 0.0720. The van der Waals surface area contributed by atoms with Crippen LogP contribution in [0.3, 0.4) is 0 Å². The summed E-state index contributed by atoms with van der Waals surface area (Å²) in [6.45, 7) is 1.64. The molecule has 0 aliphatic carbocycles. The van der Waals surface area contributed by atoms with Crippen molar-refractivity contribution in [1.29, 1.82) is 0 Å². The summed E-state index contributed by atoms with van der Waals surface area (Å²) in [6.07, 6.45) is 1.15. The number of nitrogens with one attached hydrogen (secondary N) is 1. The summed E-state index contributed by atoms with van der Waals surface area (Å²) < 4.78 is 36.4. The Kier molecular flexibility index (Phi) is 5.75. The van der Waals surface area contributed by atoms with E-state index in [4.69, 9.17) is 0 Å². The normalized spacial score (nSPS) is 13.5. The average Bonchev–Trinajstić information content (AvgIpc) is 2.36. The van der Waals surface area contributed by atoms with E-state index in [0.29, 0.717) is 18.4 Å². The highest BCUT2D eigenvalue weighted by molar-refractivity contribution is 7.91. The zero-order chi connectivity index (χ0) is 13.6. The van der Waals surface area contributed by atoms with Crippen LogP contribution in [-0.4, -0.2) is 27.0 Å². The molecule has 1 unspecified atom stereocenters. The van der Waals surface area contributed by atoms with Crippen LogP contribution in [0, 0.1) is 5.82 Å². The van der Waals surface area contributed by atoms with Crippen LogP contribution < -0.4 is 5.32 Å². The Morgan fingerprint density at radius 2 is 2.00 bits per heavy atom. The largest absolute Gasteiger partial charge is 0.313 e. The Hall–Kier alpha value is -0.940. The van der Waals surface area contributed by atoms with Gasteiger partial charge in [0.1, 0.15) is 15.7 Å². The molecule has 1 aromatic rings. The van der Waals surface area contributed by atoms with Gasteiger partial charge in [-0.15, -0.1) is 0 Å². The quantitative estimate of drug-likeness (QED) is 0.829. The number of sulfone groups is 1. The smallest absolute Gasteiger partial charge is 0.150 e. The maximum absolute atomic E-state index is 13.6. The molecule has 1 aromatic carbocycles. The van der Waals surface area contributed by atoms with Crippen LogP contribution in [0.15, 0.2) is 24.3 Å². The second kappa shape index (κ2) is 6.85. The second-order valence-corrected chi connectivity index (χ2v) is 6.71. The monoisotopic (exact) mass is 273 g/mol. The van der Waals surface area contributed by atoms with Gasteiger partial charge >= 0.3 is 0 Å². The molecule has 0 aliphatic heterocycles. The summed E-state index contributed by atoms with van der Waals surface area (Å²) >= 11 is 0. The summed E-state index contributed by atoms with van der Waals surface area (Å²) in [7, 11) is -1.18. The van der Waals surface area contributed by atoms with Crippen LogP contribution in [0.5, 0.6) is 0 Å². The molecule has 0 radical (unpaired) electrons. The van der Waals surface area contributed by atoms with Gasteiger partial charge in [-0.2, -0.15) is 0 Å². The molecule has 1 N–H and O–H groups in total. The number of rotatable bonds is 7. The highest BCUT2D eigenvalue weighted by Crippen LogP contribution is 2.21. The Morgan fingerprint density at radius 3 is 2.56 bits per heavy atom. The minimum atomic E-state index is -2.94. The molecule has 1 rings (SSSR count). The zero-order valence-electron chi connectivity index (χ0n) is 10.8. The first-order chi connectivity index (χ1) is 8.50. The molecule has 102 valence electrons. The predicted octanol–water partition coefficient (Wildman–Crippen LogP) is 2.30. The van der Waals surface area contributed by atoms with Gasteiger partial charge in [0.25, 0.3) is 0 Å². The summed E-state index contributed by atoms with van der Waals surface area (Å²) in [5.41, 5.74) is 0.592. The van der Waals surface area contributed by atoms with Crippen LogP contribution in [0.2, 0.25) is 0 Å². The van der Waals surface area contributed by atoms with Crippen molar-refractivity contribution in [1.82, 2.24) is 5.32 Å². The lowest BCUT2D eigenvalue weighted by molar-refractivity contribution is 0.502. The average molecular weight is 273 g/mol. The molecule has 0 spiro atoms. The van der Waals surface area contributed by atoms with E-state index in [1.165, 1.54) is 6.07 Å². The van der Waals surface area contributed by atoms with Crippen LogP contribution in [0.25, 0.3) is 0 Å². The third-order valence-electron chi connectivity index (χ3n) is 3.02. The van der Waals surface area contributed by atoms with Crippen molar-refractivity contribution in [3.05, 3.63) is 35.6 Å². The summed E-state index contributed by atoms with van der Waals surface area (Å²) in [5, 5.41) is 3.03. The molecule has 0 fully saturated rings. The molecule has 0 saturated heterocycles. The van der Waals surface area contributed by atoms with Crippen LogP contribution in [-0.2, 0) is 9.84 Å². The fraction of sp³-hybridized carbons (Fsp3) is 0.538. The van der Waals surface area contributed by atoms with Crippen molar-refractivity contribution < 1.29 is 12.8 Å². The third kappa shape index (κ3) is 4.38. The van der Waals surface area contributed by atoms with E-state index >= 15 is 0 Å². The van der Waals surface area contributed by atoms with Crippen molar-refractivity contribution in [3.63, 3.8) is 0 Å². The third-order valence-corrected chi connectivity index (χ3v) is 4.81. The van der Waals surface area contributed by atoms with Crippen molar-refractivity contribution in [3.8, 4) is 0 Å². The van der Waals surface area contributed by atoms with Crippen molar-refractivity contribution in [2.24, 2.45) is 0 Å². The van der Waals surface area contributed by atoms with Crippen LogP contribution in [0.4, 0.5) is 4.39 Å². The van der Waals surface area contributed by atoms with Gasteiger partial charge in [0.15, 0.2) is 0 Å². The lowest BCUT2D eigenvalue weighted by atomic mass is 10.0. The van der Waals surface area contributed by atoms with E-state index < -0.39 is 9.84 Å². The van der Waals surface area contributed by atoms with E-state index in [-0.39, 0.29) is 23.4 Å². The molecule has 0 aliphatic rings. The highest BCUT2D eigenvalue weighted by atomic mass is 32.2. The minimum Gasteiger partial charge on any atom is -0.313 e. The molecule has 0 heterocycles. The zero-order valence-corrected chi connectivity index (χ0v) is 11.6. The van der Waals surface area contributed by atoms with Gasteiger partial charge in [0.2, 0.25) is 0 Å². The first-order valence-corrected chi connectivity index (χ1v) is 7.94. The molecule has 0 saturated carbocycles. The maximum atomic E-state index is 13.6. The molecule has 5 heteroatoms. The molecule has 0 aromatic heterocycles.